The molecule has 1 aromatic rings. The largest absolute Gasteiger partial charge is 0.388 e. The van der Waals surface area contributed by atoms with Crippen molar-refractivity contribution in [1.82, 2.24) is 10.3 Å². The standard InChI is InChI=1S/C14H18N2/c1-11(2)14(12(3)15-4)6-5-13-7-9-16-10-8-13/h6-10,15H,1,3,5H2,2,4H3/b14-6-. The SMILES string of the molecule is C=C(C)/C(=C/Cc1ccncc1)C(=C)NC. The Morgan fingerprint density at radius 1 is 1.38 bits per heavy atom. The van der Waals surface area contributed by atoms with Gasteiger partial charge in [0.05, 0.1) is 0 Å². The Balaban J connectivity index is 2.81. The van der Waals surface area contributed by atoms with Crippen molar-refractivity contribution in [2.75, 3.05) is 7.05 Å². The predicted octanol–water partition coefficient (Wildman–Crippen LogP) is 2.86. The second-order valence-electron chi connectivity index (χ2n) is 3.69. The minimum Gasteiger partial charge on any atom is -0.388 e. The topological polar surface area (TPSA) is 24.9 Å². The van der Waals surface area contributed by atoms with E-state index in [1.165, 1.54) is 5.56 Å². The number of nitrogens with one attached hydrogen (secondary N) is 1. The lowest BCUT2D eigenvalue weighted by Crippen LogP contribution is -2.07. The lowest BCUT2D eigenvalue weighted by molar-refractivity contribution is 1.00. The molecule has 84 valence electrons. The maximum Gasteiger partial charge on any atom is 0.0337 e. The second-order valence-corrected chi connectivity index (χ2v) is 3.69. The van der Waals surface area contributed by atoms with E-state index >= 15 is 0 Å². The quantitative estimate of drug-likeness (QED) is 0.762. The van der Waals surface area contributed by atoms with Gasteiger partial charge >= 0.3 is 0 Å². The van der Waals surface area contributed by atoms with E-state index in [-0.39, 0.29) is 0 Å². The number of likely N-dealkylation sites (N-methyl/N-ethyl adjacent to an activating group) is 1. The summed E-state index contributed by atoms with van der Waals surface area (Å²) in [6.45, 7) is 9.90. The zero-order valence-electron chi connectivity index (χ0n) is 9.96. The minimum atomic E-state index is 0.866. The predicted molar refractivity (Wildman–Crippen MR) is 69.0 cm³/mol. The van der Waals surface area contributed by atoms with Crippen molar-refractivity contribution in [2.24, 2.45) is 0 Å². The molecule has 1 N–H and O–H groups in total. The Morgan fingerprint density at radius 2 is 2.00 bits per heavy atom. The van der Waals surface area contributed by atoms with Gasteiger partial charge in [-0.2, -0.15) is 0 Å². The summed E-state index contributed by atoms with van der Waals surface area (Å²) < 4.78 is 0. The molecule has 0 saturated heterocycles. The van der Waals surface area contributed by atoms with Crippen LogP contribution < -0.4 is 5.32 Å². The summed E-state index contributed by atoms with van der Waals surface area (Å²) >= 11 is 0. The Labute approximate surface area is 97.4 Å². The average molecular weight is 214 g/mol. The first-order valence-corrected chi connectivity index (χ1v) is 5.27. The molecule has 2 heteroatoms. The summed E-state index contributed by atoms with van der Waals surface area (Å²) in [6, 6.07) is 4.02. The number of aromatic nitrogens is 1. The summed E-state index contributed by atoms with van der Waals surface area (Å²) in [6.07, 6.45) is 6.61. The average Bonchev–Trinajstić information content (AvgIpc) is 2.30. The van der Waals surface area contributed by atoms with E-state index in [2.05, 4.69) is 29.5 Å². The first kappa shape index (κ1) is 12.2. The molecule has 0 aromatic carbocycles. The molecule has 0 aliphatic carbocycles. The molecule has 0 atom stereocenters. The van der Waals surface area contributed by atoms with Gasteiger partial charge in [0, 0.05) is 25.1 Å². The van der Waals surface area contributed by atoms with Gasteiger partial charge in [0.15, 0.2) is 0 Å². The van der Waals surface area contributed by atoms with Crippen LogP contribution in [0.15, 0.2) is 60.6 Å². The fourth-order valence-electron chi connectivity index (χ4n) is 1.43. The van der Waals surface area contributed by atoms with Crippen LogP contribution in [0.1, 0.15) is 12.5 Å². The highest BCUT2D eigenvalue weighted by Crippen LogP contribution is 2.15. The normalized spacial score (nSPS) is 11.0. The smallest absolute Gasteiger partial charge is 0.0337 e. The molecule has 0 saturated carbocycles. The number of hydrogen-bond acceptors (Lipinski definition) is 2. The number of nitrogens with zero attached hydrogens (tertiary/aromatic N) is 1. The zero-order chi connectivity index (χ0) is 12.0. The maximum absolute atomic E-state index is 3.99. The Kier molecular flexibility index (Phi) is 4.52. The number of hydrogen-bond donors (Lipinski definition) is 1. The van der Waals surface area contributed by atoms with Gasteiger partial charge in [-0.3, -0.25) is 4.98 Å². The third-order valence-electron chi connectivity index (χ3n) is 2.38. The first-order chi connectivity index (χ1) is 7.65. The van der Waals surface area contributed by atoms with E-state index in [0.717, 1.165) is 23.3 Å². The summed E-state index contributed by atoms with van der Waals surface area (Å²) in [4.78, 5) is 3.99. The molecule has 0 spiro atoms. The van der Waals surface area contributed by atoms with Crippen molar-refractivity contribution < 1.29 is 0 Å². The van der Waals surface area contributed by atoms with Crippen molar-refractivity contribution in [3.05, 3.63) is 66.2 Å². The van der Waals surface area contributed by atoms with E-state index in [9.17, 15) is 0 Å². The van der Waals surface area contributed by atoms with Gasteiger partial charge in [0.1, 0.15) is 0 Å². The molecule has 0 aliphatic heterocycles. The van der Waals surface area contributed by atoms with Crippen LogP contribution in [0.4, 0.5) is 0 Å². The molecular formula is C14H18N2. The molecule has 2 nitrogen and oxygen atoms in total. The van der Waals surface area contributed by atoms with E-state index < -0.39 is 0 Å². The van der Waals surface area contributed by atoms with Gasteiger partial charge in [-0.15, -0.1) is 0 Å². The molecule has 0 unspecified atom stereocenters. The van der Waals surface area contributed by atoms with Crippen LogP contribution in [0.2, 0.25) is 0 Å². The molecule has 1 rings (SSSR count). The number of rotatable bonds is 5. The van der Waals surface area contributed by atoms with Gasteiger partial charge < -0.3 is 5.32 Å². The van der Waals surface area contributed by atoms with Crippen LogP contribution in [0, 0.1) is 0 Å². The van der Waals surface area contributed by atoms with Gasteiger partial charge in [-0.1, -0.05) is 19.2 Å². The van der Waals surface area contributed by atoms with Crippen molar-refractivity contribution in [1.29, 1.82) is 0 Å². The maximum atomic E-state index is 3.99. The van der Waals surface area contributed by atoms with Gasteiger partial charge in [-0.05, 0) is 42.2 Å². The zero-order valence-corrected chi connectivity index (χ0v) is 9.96. The lowest BCUT2D eigenvalue weighted by Gasteiger charge is -2.10. The van der Waals surface area contributed by atoms with Crippen LogP contribution in [-0.2, 0) is 6.42 Å². The minimum absolute atomic E-state index is 0.866. The molecule has 1 aromatic heterocycles. The fourth-order valence-corrected chi connectivity index (χ4v) is 1.43. The van der Waals surface area contributed by atoms with Gasteiger partial charge in [0.2, 0.25) is 0 Å². The van der Waals surface area contributed by atoms with Gasteiger partial charge in [-0.25, -0.2) is 0 Å². The monoisotopic (exact) mass is 214 g/mol. The van der Waals surface area contributed by atoms with Crippen LogP contribution in [-0.4, -0.2) is 12.0 Å². The summed E-state index contributed by atoms with van der Waals surface area (Å²) in [5, 5.41) is 3.05. The molecule has 0 fully saturated rings. The first-order valence-electron chi connectivity index (χ1n) is 5.27. The highest BCUT2D eigenvalue weighted by Gasteiger charge is 2.01. The number of pyridine rings is 1. The molecule has 16 heavy (non-hydrogen) atoms. The Hall–Kier alpha value is -1.83. The molecule has 0 aliphatic rings. The molecular weight excluding hydrogens is 196 g/mol. The van der Waals surface area contributed by atoms with E-state index in [0.29, 0.717) is 0 Å². The molecule has 0 amide bonds. The van der Waals surface area contributed by atoms with Crippen molar-refractivity contribution in [3.8, 4) is 0 Å². The third-order valence-corrected chi connectivity index (χ3v) is 2.38. The highest BCUT2D eigenvalue weighted by atomic mass is 14.8. The van der Waals surface area contributed by atoms with Crippen LogP contribution in [0.5, 0.6) is 0 Å². The van der Waals surface area contributed by atoms with Crippen LogP contribution >= 0.6 is 0 Å². The van der Waals surface area contributed by atoms with Crippen LogP contribution in [0.25, 0.3) is 0 Å². The van der Waals surface area contributed by atoms with Crippen molar-refractivity contribution >= 4 is 0 Å². The highest BCUT2D eigenvalue weighted by molar-refractivity contribution is 5.42. The summed E-state index contributed by atoms with van der Waals surface area (Å²) in [5.74, 6) is 0. The van der Waals surface area contributed by atoms with Crippen molar-refractivity contribution in [2.45, 2.75) is 13.3 Å². The Bertz CT molecular complexity index is 402. The molecule has 1 heterocycles. The summed E-state index contributed by atoms with van der Waals surface area (Å²) in [7, 11) is 1.87. The van der Waals surface area contributed by atoms with Gasteiger partial charge in [0.25, 0.3) is 0 Å². The van der Waals surface area contributed by atoms with E-state index in [1.807, 2.05) is 26.1 Å². The summed E-state index contributed by atoms with van der Waals surface area (Å²) in [5.41, 5.74) is 4.24. The Morgan fingerprint density at radius 3 is 2.50 bits per heavy atom. The lowest BCUT2D eigenvalue weighted by atomic mass is 10.0. The molecule has 0 bridgehead atoms. The molecule has 0 radical (unpaired) electrons. The third kappa shape index (κ3) is 3.39. The number of allylic oxidation sites excluding steroid dienone is 2. The van der Waals surface area contributed by atoms with E-state index in [4.69, 9.17) is 0 Å². The second kappa shape index (κ2) is 5.91. The fraction of sp³-hybridized carbons (Fsp3) is 0.214. The van der Waals surface area contributed by atoms with E-state index in [1.54, 1.807) is 12.4 Å². The van der Waals surface area contributed by atoms with Crippen LogP contribution in [0.3, 0.4) is 0 Å². The van der Waals surface area contributed by atoms with Crippen molar-refractivity contribution in [3.63, 3.8) is 0 Å².